The molecule has 1 aliphatic rings. The molecule has 0 N–H and O–H groups in total. The summed E-state index contributed by atoms with van der Waals surface area (Å²) < 4.78 is 39.5. The number of halogens is 3. The van der Waals surface area contributed by atoms with Gasteiger partial charge in [-0.05, 0) is 41.5 Å². The topological polar surface area (TPSA) is 80.5 Å². The lowest BCUT2D eigenvalue weighted by molar-refractivity contribution is -0.384. The molecule has 0 fully saturated rings. The quantitative estimate of drug-likeness (QED) is 0.239. The Bertz CT molecular complexity index is 1300. The Balaban J connectivity index is 1.88. The van der Waals surface area contributed by atoms with Crippen LogP contribution in [0, 0.1) is 10.1 Å². The largest absolute Gasteiger partial charge is 0.416 e. The summed E-state index contributed by atoms with van der Waals surface area (Å²) in [5.41, 5.74) is -0.651. The molecule has 0 radical (unpaired) electrons. The third kappa shape index (κ3) is 3.76. The average Bonchev–Trinajstić information content (AvgIpc) is 2.76. The lowest BCUT2D eigenvalue weighted by Crippen LogP contribution is -2.41. The third-order valence-electron chi connectivity index (χ3n) is 4.91. The number of hydrogen-bond acceptors (Lipinski definition) is 4. The van der Waals surface area contributed by atoms with Crippen LogP contribution in [0.15, 0.2) is 72.8 Å². The molecule has 0 saturated carbocycles. The Hall–Kier alpha value is -4.27. The molecular formula is C23H13F3N2O4. The van der Waals surface area contributed by atoms with E-state index in [1.807, 2.05) is 0 Å². The number of non-ortho nitro benzene ring substituents is 1. The molecular weight excluding hydrogens is 425 g/mol. The minimum absolute atomic E-state index is 0.0260. The number of rotatable bonds is 3. The van der Waals surface area contributed by atoms with Crippen LogP contribution in [0.25, 0.3) is 11.6 Å². The molecule has 0 unspecified atom stereocenters. The summed E-state index contributed by atoms with van der Waals surface area (Å²) in [6.07, 6.45) is -3.28. The zero-order valence-corrected chi connectivity index (χ0v) is 16.2. The van der Waals surface area contributed by atoms with Gasteiger partial charge in [-0.15, -0.1) is 0 Å². The predicted molar refractivity (Wildman–Crippen MR) is 111 cm³/mol. The number of imide groups is 1. The number of nitrogens with zero attached hydrogens (tertiary/aromatic N) is 2. The van der Waals surface area contributed by atoms with E-state index >= 15 is 0 Å². The van der Waals surface area contributed by atoms with Crippen LogP contribution in [-0.2, 0) is 11.0 Å². The van der Waals surface area contributed by atoms with Crippen molar-refractivity contribution in [3.8, 4) is 0 Å². The van der Waals surface area contributed by atoms with Gasteiger partial charge < -0.3 is 0 Å². The molecule has 6 nitrogen and oxygen atoms in total. The molecule has 9 heteroatoms. The maximum atomic E-state index is 13.3. The van der Waals surface area contributed by atoms with Crippen molar-refractivity contribution in [3.63, 3.8) is 0 Å². The van der Waals surface area contributed by atoms with Gasteiger partial charge in [0, 0.05) is 23.3 Å². The highest BCUT2D eigenvalue weighted by atomic mass is 19.4. The number of nitro benzene ring substituents is 1. The van der Waals surface area contributed by atoms with E-state index in [1.54, 1.807) is 18.2 Å². The summed E-state index contributed by atoms with van der Waals surface area (Å²) >= 11 is 0. The van der Waals surface area contributed by atoms with Crippen molar-refractivity contribution in [1.29, 1.82) is 0 Å². The Labute approximate surface area is 179 Å². The first kappa shape index (κ1) is 21.0. The van der Waals surface area contributed by atoms with E-state index in [0.29, 0.717) is 10.5 Å². The zero-order valence-electron chi connectivity index (χ0n) is 16.2. The minimum atomic E-state index is -4.66. The molecule has 0 saturated heterocycles. The highest BCUT2D eigenvalue weighted by Crippen LogP contribution is 2.36. The van der Waals surface area contributed by atoms with Crippen molar-refractivity contribution in [2.45, 2.75) is 6.18 Å². The fourth-order valence-electron chi connectivity index (χ4n) is 3.44. The normalized spacial score (nSPS) is 15.1. The van der Waals surface area contributed by atoms with Gasteiger partial charge in [0.2, 0.25) is 0 Å². The molecule has 0 aliphatic carbocycles. The van der Waals surface area contributed by atoms with E-state index in [0.717, 1.165) is 18.2 Å². The Morgan fingerprint density at radius 3 is 2.22 bits per heavy atom. The first-order chi connectivity index (χ1) is 15.2. The van der Waals surface area contributed by atoms with Gasteiger partial charge >= 0.3 is 6.18 Å². The summed E-state index contributed by atoms with van der Waals surface area (Å²) in [4.78, 5) is 37.5. The smallest absolute Gasteiger partial charge is 0.268 e. The van der Waals surface area contributed by atoms with Crippen LogP contribution in [0.1, 0.15) is 27.0 Å². The van der Waals surface area contributed by atoms with Gasteiger partial charge in [-0.1, -0.05) is 36.4 Å². The van der Waals surface area contributed by atoms with Crippen molar-refractivity contribution in [2.75, 3.05) is 4.90 Å². The van der Waals surface area contributed by atoms with Crippen LogP contribution < -0.4 is 4.90 Å². The van der Waals surface area contributed by atoms with E-state index in [-0.39, 0.29) is 28.1 Å². The van der Waals surface area contributed by atoms with Crippen LogP contribution in [0.2, 0.25) is 0 Å². The average molecular weight is 438 g/mol. The Kier molecular flexibility index (Phi) is 5.09. The van der Waals surface area contributed by atoms with Gasteiger partial charge in [0.15, 0.2) is 0 Å². The van der Waals surface area contributed by atoms with E-state index in [9.17, 15) is 32.9 Å². The maximum Gasteiger partial charge on any atom is 0.416 e. The maximum absolute atomic E-state index is 13.3. The van der Waals surface area contributed by atoms with Gasteiger partial charge in [0.1, 0.15) is 0 Å². The first-order valence-corrected chi connectivity index (χ1v) is 9.28. The Morgan fingerprint density at radius 2 is 1.53 bits per heavy atom. The van der Waals surface area contributed by atoms with Crippen molar-refractivity contribution in [1.82, 2.24) is 0 Å². The van der Waals surface area contributed by atoms with Crippen molar-refractivity contribution in [3.05, 3.63) is 105 Å². The number of anilines is 1. The molecule has 160 valence electrons. The SMILES string of the molecule is O=C1/C(=C\c2cccc([N+](=O)[O-])c2)c2ccccc2C(=O)N1c1cccc(C(F)(F)F)c1. The number of amides is 2. The highest BCUT2D eigenvalue weighted by Gasteiger charge is 2.37. The van der Waals surface area contributed by atoms with Crippen molar-refractivity contribution in [2.24, 2.45) is 0 Å². The van der Waals surface area contributed by atoms with E-state index in [1.165, 1.54) is 42.5 Å². The number of fused-ring (bicyclic) bond motifs is 1. The summed E-state index contributed by atoms with van der Waals surface area (Å²) in [5, 5.41) is 11.1. The molecule has 0 bridgehead atoms. The molecule has 0 atom stereocenters. The third-order valence-corrected chi connectivity index (χ3v) is 4.91. The lowest BCUT2D eigenvalue weighted by Gasteiger charge is -2.29. The van der Waals surface area contributed by atoms with Gasteiger partial charge in [0.05, 0.1) is 16.2 Å². The Morgan fingerprint density at radius 1 is 0.844 bits per heavy atom. The summed E-state index contributed by atoms with van der Waals surface area (Å²) in [5.74, 6) is -1.60. The molecule has 1 heterocycles. The van der Waals surface area contributed by atoms with Crippen LogP contribution in [0.3, 0.4) is 0 Å². The second kappa shape index (κ2) is 7.77. The molecule has 3 aromatic rings. The number of alkyl halides is 3. The van der Waals surface area contributed by atoms with Crippen molar-refractivity contribution >= 4 is 34.8 Å². The number of nitro groups is 1. The summed E-state index contributed by atoms with van der Waals surface area (Å²) in [7, 11) is 0. The summed E-state index contributed by atoms with van der Waals surface area (Å²) in [6.45, 7) is 0. The molecule has 1 aliphatic heterocycles. The fraction of sp³-hybridized carbons (Fsp3) is 0.0435. The van der Waals surface area contributed by atoms with E-state index < -0.39 is 28.5 Å². The predicted octanol–water partition coefficient (Wildman–Crippen LogP) is 5.34. The number of hydrogen-bond donors (Lipinski definition) is 0. The van der Waals surface area contributed by atoms with Crippen LogP contribution in [0.4, 0.5) is 24.5 Å². The van der Waals surface area contributed by atoms with Gasteiger partial charge in [-0.2, -0.15) is 13.2 Å². The van der Waals surface area contributed by atoms with Crippen LogP contribution in [0.5, 0.6) is 0 Å². The van der Waals surface area contributed by atoms with E-state index in [4.69, 9.17) is 0 Å². The molecule has 0 aromatic heterocycles. The van der Waals surface area contributed by atoms with Gasteiger partial charge in [0.25, 0.3) is 17.5 Å². The van der Waals surface area contributed by atoms with Crippen molar-refractivity contribution < 1.29 is 27.7 Å². The summed E-state index contributed by atoms with van der Waals surface area (Å²) in [6, 6.07) is 15.6. The fourth-order valence-corrected chi connectivity index (χ4v) is 3.44. The lowest BCUT2D eigenvalue weighted by atomic mass is 9.91. The molecule has 0 spiro atoms. The molecule has 32 heavy (non-hydrogen) atoms. The monoisotopic (exact) mass is 438 g/mol. The molecule has 3 aromatic carbocycles. The molecule has 2 amide bonds. The van der Waals surface area contributed by atoms with Gasteiger partial charge in [-0.3, -0.25) is 19.7 Å². The van der Waals surface area contributed by atoms with Gasteiger partial charge in [-0.25, -0.2) is 4.90 Å². The zero-order chi connectivity index (χ0) is 23.0. The molecule has 4 rings (SSSR count). The van der Waals surface area contributed by atoms with Crippen LogP contribution in [-0.4, -0.2) is 16.7 Å². The first-order valence-electron chi connectivity index (χ1n) is 9.28. The number of carbonyl (C=O) groups excluding carboxylic acids is 2. The second-order valence-electron chi connectivity index (χ2n) is 6.95. The standard InChI is InChI=1S/C23H13F3N2O4/c24-23(25,26)15-6-4-7-16(13-15)27-21(29)19-10-2-1-9-18(19)20(22(27)30)12-14-5-3-8-17(11-14)28(31)32/h1-13H/b20-12-. The minimum Gasteiger partial charge on any atom is -0.268 e. The highest BCUT2D eigenvalue weighted by molar-refractivity contribution is 6.43. The second-order valence-corrected chi connectivity index (χ2v) is 6.95. The number of carbonyl (C=O) groups is 2. The van der Waals surface area contributed by atoms with E-state index in [2.05, 4.69) is 0 Å². The number of benzene rings is 3. The van der Waals surface area contributed by atoms with Crippen LogP contribution >= 0.6 is 0 Å².